The van der Waals surface area contributed by atoms with E-state index in [1.165, 1.54) is 24.3 Å². The summed E-state index contributed by atoms with van der Waals surface area (Å²) in [6.07, 6.45) is 0.920. The van der Waals surface area contributed by atoms with Crippen molar-refractivity contribution in [2.45, 2.75) is 64.6 Å². The van der Waals surface area contributed by atoms with E-state index in [4.69, 9.17) is 0 Å². The zero-order valence-electron chi connectivity index (χ0n) is 18.8. The van der Waals surface area contributed by atoms with Gasteiger partial charge in [-0.1, -0.05) is 52.0 Å². The fourth-order valence-corrected chi connectivity index (χ4v) is 4.14. The molecule has 0 bridgehead atoms. The van der Waals surface area contributed by atoms with Gasteiger partial charge in [0.2, 0.25) is 11.6 Å². The van der Waals surface area contributed by atoms with E-state index in [2.05, 4.69) is 0 Å². The summed E-state index contributed by atoms with van der Waals surface area (Å²) in [6.45, 7) is 6.84. The third-order valence-corrected chi connectivity index (χ3v) is 6.73. The molecule has 0 fully saturated rings. The Labute approximate surface area is 187 Å². The number of benzene rings is 2. The first kappa shape index (κ1) is 23.7. The Bertz CT molecular complexity index is 1030. The number of fused-ring (bicyclic) bond motifs is 3. The fourth-order valence-electron chi connectivity index (χ4n) is 4.14. The van der Waals surface area contributed by atoms with Crippen LogP contribution in [0, 0.1) is 0 Å². The molecule has 1 aliphatic carbocycles. The molecule has 0 radical (unpaired) electrons. The van der Waals surface area contributed by atoms with Gasteiger partial charge in [-0.2, -0.15) is 0 Å². The van der Waals surface area contributed by atoms with Crippen molar-refractivity contribution in [2.24, 2.45) is 0 Å². The molecule has 0 atom stereocenters. The molecule has 0 saturated carbocycles. The summed E-state index contributed by atoms with van der Waals surface area (Å²) < 4.78 is 0. The van der Waals surface area contributed by atoms with Gasteiger partial charge in [0.25, 0.3) is 0 Å². The molecule has 0 saturated heterocycles. The standard InChI is InChI=1S/C26H28O6/c1-5-25(31,6-2)23(29)15-9-11-17-18-12-10-16(24(30)26(32,7-3)8-4)14-20(18)22(28)21(27)19(17)13-15/h9-14,31-32H,5-8H2,1-4H3. The number of hydrogen-bond donors (Lipinski definition) is 2. The lowest BCUT2D eigenvalue weighted by Crippen LogP contribution is -2.37. The highest BCUT2D eigenvalue weighted by Crippen LogP contribution is 2.36. The largest absolute Gasteiger partial charge is 0.382 e. The summed E-state index contributed by atoms with van der Waals surface area (Å²) in [5, 5.41) is 21.1. The van der Waals surface area contributed by atoms with Crippen molar-refractivity contribution >= 4 is 23.1 Å². The van der Waals surface area contributed by atoms with Crippen LogP contribution in [0.3, 0.4) is 0 Å². The average molecular weight is 437 g/mol. The zero-order chi connectivity index (χ0) is 23.8. The van der Waals surface area contributed by atoms with Crippen LogP contribution in [0.25, 0.3) is 11.1 Å². The number of hydrogen-bond acceptors (Lipinski definition) is 6. The molecule has 1 aliphatic rings. The van der Waals surface area contributed by atoms with Gasteiger partial charge in [-0.15, -0.1) is 0 Å². The number of ketones is 4. The predicted molar refractivity (Wildman–Crippen MR) is 120 cm³/mol. The number of carbonyl (C=O) groups excluding carboxylic acids is 4. The maximum atomic E-state index is 12.9. The molecule has 0 heterocycles. The minimum absolute atomic E-state index is 0.0978. The quantitative estimate of drug-likeness (QED) is 0.474. The highest BCUT2D eigenvalue weighted by atomic mass is 16.3. The van der Waals surface area contributed by atoms with Crippen LogP contribution >= 0.6 is 0 Å². The smallest absolute Gasteiger partial charge is 0.234 e. The molecule has 0 aliphatic heterocycles. The van der Waals surface area contributed by atoms with Gasteiger partial charge in [0.05, 0.1) is 0 Å². The van der Waals surface area contributed by atoms with Crippen LogP contribution in [-0.2, 0) is 0 Å². The molecule has 0 aromatic heterocycles. The van der Waals surface area contributed by atoms with Crippen LogP contribution in [-0.4, -0.2) is 44.5 Å². The Morgan fingerprint density at radius 1 is 0.625 bits per heavy atom. The van der Waals surface area contributed by atoms with Crippen LogP contribution in [0.2, 0.25) is 0 Å². The topological polar surface area (TPSA) is 109 Å². The molecule has 0 unspecified atom stereocenters. The molecule has 2 N–H and O–H groups in total. The van der Waals surface area contributed by atoms with Crippen LogP contribution in [0.5, 0.6) is 0 Å². The second kappa shape index (κ2) is 8.52. The highest BCUT2D eigenvalue weighted by Gasteiger charge is 2.37. The number of carbonyl (C=O) groups is 4. The van der Waals surface area contributed by atoms with Crippen LogP contribution in [0.4, 0.5) is 0 Å². The minimum Gasteiger partial charge on any atom is -0.382 e. The molecule has 6 nitrogen and oxygen atoms in total. The van der Waals surface area contributed by atoms with E-state index in [0.29, 0.717) is 11.1 Å². The third kappa shape index (κ3) is 3.63. The van der Waals surface area contributed by atoms with Gasteiger partial charge in [-0.25, -0.2) is 0 Å². The number of aliphatic hydroxyl groups is 2. The summed E-state index contributed by atoms with van der Waals surface area (Å²) in [5.74, 6) is -2.53. The molecule has 6 heteroatoms. The molecular weight excluding hydrogens is 408 g/mol. The van der Waals surface area contributed by atoms with Gasteiger partial charge >= 0.3 is 0 Å². The maximum absolute atomic E-state index is 12.9. The van der Waals surface area contributed by atoms with Gasteiger partial charge in [-0.3, -0.25) is 19.2 Å². The Balaban J connectivity index is 2.10. The van der Waals surface area contributed by atoms with Crippen molar-refractivity contribution in [3.05, 3.63) is 58.7 Å². The normalized spacial score (nSPS) is 13.6. The summed E-state index contributed by atoms with van der Waals surface area (Å²) in [4.78, 5) is 51.4. The SMILES string of the molecule is CCC(O)(CC)C(=O)c1ccc2c(c1)C(=O)C(=O)c1cc(C(=O)C(O)(CC)CC)ccc1-2. The molecule has 0 spiro atoms. The molecule has 0 amide bonds. The highest BCUT2D eigenvalue weighted by molar-refractivity contribution is 6.53. The monoisotopic (exact) mass is 436 g/mol. The first-order valence-corrected chi connectivity index (χ1v) is 11.0. The van der Waals surface area contributed by atoms with E-state index in [0.717, 1.165) is 0 Å². The van der Waals surface area contributed by atoms with E-state index >= 15 is 0 Å². The Kier molecular flexibility index (Phi) is 6.31. The van der Waals surface area contributed by atoms with Crippen molar-refractivity contribution in [3.63, 3.8) is 0 Å². The Morgan fingerprint density at radius 3 is 1.22 bits per heavy atom. The van der Waals surface area contributed by atoms with Crippen molar-refractivity contribution in [1.82, 2.24) is 0 Å². The van der Waals surface area contributed by atoms with Gasteiger partial charge in [-0.05, 0) is 48.9 Å². The van der Waals surface area contributed by atoms with Crippen LogP contribution in [0.15, 0.2) is 36.4 Å². The molecular formula is C26H28O6. The van der Waals surface area contributed by atoms with Crippen molar-refractivity contribution in [2.75, 3.05) is 0 Å². The lowest BCUT2D eigenvalue weighted by molar-refractivity contribution is 0.0277. The second-order valence-corrected chi connectivity index (χ2v) is 8.31. The summed E-state index contributed by atoms with van der Waals surface area (Å²) in [6, 6.07) is 8.99. The molecule has 3 rings (SSSR count). The van der Waals surface area contributed by atoms with E-state index < -0.39 is 34.3 Å². The summed E-state index contributed by atoms with van der Waals surface area (Å²) >= 11 is 0. The van der Waals surface area contributed by atoms with E-state index in [1.54, 1.807) is 39.8 Å². The van der Waals surface area contributed by atoms with Gasteiger partial charge in [0.15, 0.2) is 11.6 Å². The second-order valence-electron chi connectivity index (χ2n) is 8.31. The van der Waals surface area contributed by atoms with Crippen molar-refractivity contribution in [3.8, 4) is 11.1 Å². The van der Waals surface area contributed by atoms with Crippen molar-refractivity contribution < 1.29 is 29.4 Å². The summed E-state index contributed by atoms with van der Waals surface area (Å²) in [7, 11) is 0. The number of rotatable bonds is 8. The van der Waals surface area contributed by atoms with Gasteiger partial charge in [0, 0.05) is 22.3 Å². The molecule has 2 aromatic carbocycles. The third-order valence-electron chi connectivity index (χ3n) is 6.73. The Hall–Kier alpha value is -2.96. The van der Waals surface area contributed by atoms with Crippen molar-refractivity contribution in [1.29, 1.82) is 0 Å². The van der Waals surface area contributed by atoms with Crippen LogP contribution in [0.1, 0.15) is 94.8 Å². The van der Waals surface area contributed by atoms with Crippen LogP contribution < -0.4 is 0 Å². The fraction of sp³-hybridized carbons (Fsp3) is 0.385. The van der Waals surface area contributed by atoms with E-state index in [9.17, 15) is 29.4 Å². The lowest BCUT2D eigenvalue weighted by Gasteiger charge is -2.26. The maximum Gasteiger partial charge on any atom is 0.234 e. The predicted octanol–water partition coefficient (Wildman–Crippen LogP) is 4.20. The molecule has 32 heavy (non-hydrogen) atoms. The zero-order valence-corrected chi connectivity index (χ0v) is 18.8. The molecule has 168 valence electrons. The van der Waals surface area contributed by atoms with Gasteiger partial charge < -0.3 is 10.2 Å². The number of Topliss-reactive ketones (excluding diaryl/α,β-unsaturated/α-hetero) is 4. The molecule has 2 aromatic rings. The van der Waals surface area contributed by atoms with E-state index in [1.807, 2.05) is 0 Å². The summed E-state index contributed by atoms with van der Waals surface area (Å²) in [5.41, 5.74) is -1.56. The van der Waals surface area contributed by atoms with Gasteiger partial charge in [0.1, 0.15) is 11.2 Å². The Morgan fingerprint density at radius 2 is 0.938 bits per heavy atom. The van der Waals surface area contributed by atoms with E-state index in [-0.39, 0.29) is 47.9 Å². The minimum atomic E-state index is -1.53. The first-order valence-electron chi connectivity index (χ1n) is 11.0. The average Bonchev–Trinajstić information content (AvgIpc) is 2.84. The lowest BCUT2D eigenvalue weighted by atomic mass is 9.79. The first-order chi connectivity index (χ1) is 15.1.